The Kier molecular flexibility index (Phi) is 8.15. The summed E-state index contributed by atoms with van der Waals surface area (Å²) in [5.74, 6) is 1.12. The number of aryl methyl sites for hydroxylation is 1. The number of halogens is 1. The molecule has 2 heterocycles. The van der Waals surface area contributed by atoms with Gasteiger partial charge < -0.3 is 13.9 Å². The lowest BCUT2D eigenvalue weighted by Crippen LogP contribution is -2.22. The molecule has 2 unspecified atom stereocenters. The molecular weight excluding hydrogens is 500 g/mol. The third kappa shape index (κ3) is 5.64. The van der Waals surface area contributed by atoms with Crippen molar-refractivity contribution in [2.75, 3.05) is 6.61 Å². The van der Waals surface area contributed by atoms with Crippen molar-refractivity contribution in [1.82, 2.24) is 9.55 Å². The van der Waals surface area contributed by atoms with Gasteiger partial charge in [-0.25, -0.2) is 4.98 Å². The smallest absolute Gasteiger partial charge is 0.250 e. The van der Waals surface area contributed by atoms with Gasteiger partial charge in [0, 0.05) is 54.2 Å². The molecule has 1 N–H and O–H groups in total. The molecule has 1 aromatic carbocycles. The zero-order chi connectivity index (χ0) is 23.4. The van der Waals surface area contributed by atoms with Crippen molar-refractivity contribution in [3.05, 3.63) is 68.5 Å². The third-order valence-corrected chi connectivity index (χ3v) is 7.72. The van der Waals surface area contributed by atoms with E-state index in [0.717, 1.165) is 32.9 Å². The summed E-state index contributed by atoms with van der Waals surface area (Å²) in [5.41, 5.74) is 2.74. The van der Waals surface area contributed by atoms with Crippen LogP contribution in [0.2, 0.25) is 0 Å². The minimum atomic E-state index is -0.0434. The normalized spacial score (nSPS) is 16.6. The number of fused-ring (bicyclic) bond motifs is 1. The fourth-order valence-corrected chi connectivity index (χ4v) is 5.83. The summed E-state index contributed by atoms with van der Waals surface area (Å²) < 4.78 is 8.07. The Hall–Kier alpha value is -1.83. The number of aliphatic hydroxyl groups is 1. The molecular formula is C26H31BrN2O3S. The average molecular weight is 532 g/mol. The molecule has 0 aliphatic heterocycles. The molecule has 33 heavy (non-hydrogen) atoms. The van der Waals surface area contributed by atoms with Crippen molar-refractivity contribution < 1.29 is 9.29 Å². The van der Waals surface area contributed by atoms with Crippen molar-refractivity contribution in [2.45, 2.75) is 56.8 Å². The average Bonchev–Trinajstić information content (AvgIpc) is 2.83. The molecule has 0 saturated heterocycles. The van der Waals surface area contributed by atoms with Crippen LogP contribution in [-0.4, -0.2) is 21.3 Å². The van der Waals surface area contributed by atoms with E-state index in [1.807, 2.05) is 24.4 Å². The van der Waals surface area contributed by atoms with Crippen LogP contribution < -0.4 is 9.74 Å². The van der Waals surface area contributed by atoms with Gasteiger partial charge in [0.25, 0.3) is 5.56 Å². The van der Waals surface area contributed by atoms with E-state index in [9.17, 15) is 9.90 Å². The van der Waals surface area contributed by atoms with Crippen molar-refractivity contribution in [3.63, 3.8) is 0 Å². The number of hydrogen-bond acceptors (Lipinski definition) is 5. The van der Waals surface area contributed by atoms with Gasteiger partial charge in [0.2, 0.25) is 5.88 Å². The SMILES string of the molecule is Cn1ccc(C(CCO)C(CC2CCCCC2)c2cc3cc(Br)ccc3nc2OS)cc1=O. The van der Waals surface area contributed by atoms with Crippen molar-refractivity contribution >= 4 is 39.7 Å². The molecule has 0 radical (unpaired) electrons. The molecule has 7 heteroatoms. The van der Waals surface area contributed by atoms with Crippen LogP contribution >= 0.6 is 28.8 Å². The third-order valence-electron chi connectivity index (χ3n) is 7.05. The number of aliphatic hydroxyl groups excluding tert-OH is 1. The van der Waals surface area contributed by atoms with Crippen LogP contribution in [0.25, 0.3) is 10.9 Å². The monoisotopic (exact) mass is 530 g/mol. The molecule has 1 fully saturated rings. The standard InChI is InChI=1S/C26H31BrN2O3S/c1-29-11-9-18(16-25(29)31)21(10-12-30)22(13-17-5-3-2-4-6-17)23-15-19-14-20(27)7-8-24(19)28-26(23)32-33/h7-9,11,14-17,21-22,30,33H,2-6,10,12-13H2,1H3. The van der Waals surface area contributed by atoms with Gasteiger partial charge in [-0.3, -0.25) is 4.79 Å². The van der Waals surface area contributed by atoms with E-state index in [0.29, 0.717) is 18.2 Å². The summed E-state index contributed by atoms with van der Waals surface area (Å²) in [6.07, 6.45) is 9.57. The number of nitrogens with zero attached hydrogens (tertiary/aromatic N) is 2. The van der Waals surface area contributed by atoms with Crippen LogP contribution in [-0.2, 0) is 7.05 Å². The van der Waals surface area contributed by atoms with Gasteiger partial charge in [0.1, 0.15) is 0 Å². The number of aromatic nitrogens is 2. The van der Waals surface area contributed by atoms with Gasteiger partial charge in [-0.05, 0) is 66.5 Å². The predicted molar refractivity (Wildman–Crippen MR) is 139 cm³/mol. The van der Waals surface area contributed by atoms with E-state index in [2.05, 4.69) is 41.0 Å². The Balaban J connectivity index is 1.85. The lowest BCUT2D eigenvalue weighted by Gasteiger charge is -2.33. The van der Waals surface area contributed by atoms with Crippen molar-refractivity contribution in [2.24, 2.45) is 13.0 Å². The molecule has 2 aromatic heterocycles. The molecule has 0 spiro atoms. The molecule has 1 aliphatic carbocycles. The summed E-state index contributed by atoms with van der Waals surface area (Å²) >= 11 is 7.72. The van der Waals surface area contributed by atoms with Crippen LogP contribution in [0, 0.1) is 5.92 Å². The van der Waals surface area contributed by atoms with Crippen LogP contribution in [0.1, 0.15) is 67.9 Å². The van der Waals surface area contributed by atoms with Crippen LogP contribution in [0.5, 0.6) is 5.88 Å². The maximum absolute atomic E-state index is 12.5. The summed E-state index contributed by atoms with van der Waals surface area (Å²) in [6, 6.07) is 11.8. The Morgan fingerprint density at radius 2 is 1.97 bits per heavy atom. The van der Waals surface area contributed by atoms with Crippen molar-refractivity contribution in [3.8, 4) is 5.88 Å². The summed E-state index contributed by atoms with van der Waals surface area (Å²) in [5, 5.41) is 11.0. The fraction of sp³-hybridized carbons (Fsp3) is 0.462. The topological polar surface area (TPSA) is 64.3 Å². The number of rotatable bonds is 8. The predicted octanol–water partition coefficient (Wildman–Crippen LogP) is 6.14. The highest BCUT2D eigenvalue weighted by Gasteiger charge is 2.31. The quantitative estimate of drug-likeness (QED) is 0.271. The minimum Gasteiger partial charge on any atom is -0.409 e. The Bertz CT molecular complexity index is 1160. The van der Waals surface area contributed by atoms with Crippen LogP contribution in [0.4, 0.5) is 0 Å². The van der Waals surface area contributed by atoms with E-state index in [1.54, 1.807) is 17.7 Å². The maximum Gasteiger partial charge on any atom is 0.250 e. The van der Waals surface area contributed by atoms with Gasteiger partial charge >= 0.3 is 0 Å². The number of pyridine rings is 2. The zero-order valence-electron chi connectivity index (χ0n) is 18.9. The Morgan fingerprint density at radius 3 is 2.67 bits per heavy atom. The number of thiol groups is 1. The molecule has 1 aliphatic rings. The van der Waals surface area contributed by atoms with E-state index >= 15 is 0 Å². The number of benzene rings is 1. The van der Waals surface area contributed by atoms with E-state index < -0.39 is 0 Å². The molecule has 2 atom stereocenters. The first kappa shape index (κ1) is 24.3. The lowest BCUT2D eigenvalue weighted by molar-refractivity contribution is 0.247. The second-order valence-electron chi connectivity index (χ2n) is 9.19. The highest BCUT2D eigenvalue weighted by Crippen LogP contribution is 2.46. The number of hydrogen-bond donors (Lipinski definition) is 2. The first-order valence-electron chi connectivity index (χ1n) is 11.7. The zero-order valence-corrected chi connectivity index (χ0v) is 21.4. The van der Waals surface area contributed by atoms with Crippen molar-refractivity contribution in [1.29, 1.82) is 0 Å². The first-order valence-corrected chi connectivity index (χ1v) is 12.8. The highest BCUT2D eigenvalue weighted by molar-refractivity contribution is 9.10. The lowest BCUT2D eigenvalue weighted by atomic mass is 9.72. The second-order valence-corrected chi connectivity index (χ2v) is 10.3. The highest BCUT2D eigenvalue weighted by atomic mass is 79.9. The Morgan fingerprint density at radius 1 is 1.18 bits per heavy atom. The fourth-order valence-electron chi connectivity index (χ4n) is 5.31. The van der Waals surface area contributed by atoms with Crippen LogP contribution in [0.15, 0.2) is 51.9 Å². The van der Waals surface area contributed by atoms with Gasteiger partial charge in [0.15, 0.2) is 0 Å². The second kappa shape index (κ2) is 11.1. The molecule has 1 saturated carbocycles. The van der Waals surface area contributed by atoms with Crippen LogP contribution in [0.3, 0.4) is 0 Å². The minimum absolute atomic E-state index is 0.0283. The van der Waals surface area contributed by atoms with E-state index in [4.69, 9.17) is 9.17 Å². The first-order chi connectivity index (χ1) is 16.0. The van der Waals surface area contributed by atoms with Gasteiger partial charge in [-0.2, -0.15) is 0 Å². The summed E-state index contributed by atoms with van der Waals surface area (Å²) in [4.78, 5) is 17.2. The summed E-state index contributed by atoms with van der Waals surface area (Å²) in [6.45, 7) is 0.0463. The van der Waals surface area contributed by atoms with E-state index in [1.165, 1.54) is 32.1 Å². The van der Waals surface area contributed by atoms with Gasteiger partial charge in [-0.15, -0.1) is 0 Å². The maximum atomic E-state index is 12.5. The molecule has 4 rings (SSSR count). The van der Waals surface area contributed by atoms with Gasteiger partial charge in [-0.1, -0.05) is 48.0 Å². The van der Waals surface area contributed by atoms with Gasteiger partial charge in [0.05, 0.1) is 5.52 Å². The largest absolute Gasteiger partial charge is 0.409 e. The summed E-state index contributed by atoms with van der Waals surface area (Å²) in [7, 11) is 1.75. The molecule has 176 valence electrons. The van der Waals surface area contributed by atoms with E-state index in [-0.39, 0.29) is 24.0 Å². The molecule has 5 nitrogen and oxygen atoms in total. The molecule has 3 aromatic rings. The molecule has 0 bridgehead atoms. The molecule has 0 amide bonds. The Labute approximate surface area is 208 Å².